The predicted octanol–water partition coefficient (Wildman–Crippen LogP) is 1.46. The first kappa shape index (κ1) is 16.4. The van der Waals surface area contributed by atoms with Gasteiger partial charge in [-0.25, -0.2) is 9.59 Å². The maximum absolute atomic E-state index is 11.3. The van der Waals surface area contributed by atoms with Gasteiger partial charge in [0.15, 0.2) is 0 Å². The van der Waals surface area contributed by atoms with Crippen molar-refractivity contribution in [1.82, 2.24) is 4.90 Å². The molecule has 0 spiro atoms. The smallest absolute Gasteiger partial charge is 0.333 e. The number of nitrogens with zero attached hydrogens (tertiary/aromatic N) is 1. The quantitative estimate of drug-likeness (QED) is 0.575. The molecule has 1 unspecified atom stereocenters. The zero-order chi connectivity index (χ0) is 14.5. The third-order valence-corrected chi connectivity index (χ3v) is 2.76. The molecule has 1 atom stereocenters. The molecule has 0 aliphatic rings. The second kappa shape index (κ2) is 6.96. The van der Waals surface area contributed by atoms with Crippen LogP contribution in [0.5, 0.6) is 0 Å². The number of carboxylic acids is 1. The Morgan fingerprint density at radius 3 is 2.11 bits per heavy atom. The minimum Gasteiger partial charge on any atom is -0.478 e. The summed E-state index contributed by atoms with van der Waals surface area (Å²) in [5.74, 6) is -1.44. The van der Waals surface area contributed by atoms with E-state index in [1.54, 1.807) is 27.9 Å². The van der Waals surface area contributed by atoms with Crippen LogP contribution in [0.1, 0.15) is 20.8 Å². The van der Waals surface area contributed by atoms with E-state index in [1.807, 2.05) is 4.90 Å². The molecule has 0 fully saturated rings. The molecular formula is C13H21NO4. The third kappa shape index (κ3) is 4.71. The van der Waals surface area contributed by atoms with E-state index < -0.39 is 11.9 Å². The van der Waals surface area contributed by atoms with Crippen LogP contribution >= 0.6 is 0 Å². The highest BCUT2D eigenvalue weighted by atomic mass is 16.5. The van der Waals surface area contributed by atoms with Gasteiger partial charge in [-0.15, -0.1) is 0 Å². The molecule has 5 heteroatoms. The number of hydrogen-bond acceptors (Lipinski definition) is 4. The SMILES string of the molecule is C=C(C)C(=O)OCC(C(C)=C(C)C(=O)O)N(C)C. The van der Waals surface area contributed by atoms with Crippen molar-refractivity contribution < 1.29 is 19.4 Å². The van der Waals surface area contributed by atoms with Crippen LogP contribution in [0.3, 0.4) is 0 Å². The van der Waals surface area contributed by atoms with Crippen molar-refractivity contribution in [2.45, 2.75) is 26.8 Å². The van der Waals surface area contributed by atoms with Gasteiger partial charge in [-0.1, -0.05) is 6.58 Å². The molecule has 0 aromatic rings. The summed E-state index contributed by atoms with van der Waals surface area (Å²) in [5.41, 5.74) is 1.26. The first-order valence-electron chi connectivity index (χ1n) is 5.58. The molecule has 0 aliphatic heterocycles. The van der Waals surface area contributed by atoms with Gasteiger partial charge in [0.1, 0.15) is 6.61 Å². The van der Waals surface area contributed by atoms with Crippen molar-refractivity contribution in [2.24, 2.45) is 0 Å². The number of carboxylic acid groups (broad SMARTS) is 1. The van der Waals surface area contributed by atoms with Gasteiger partial charge in [-0.05, 0) is 40.4 Å². The van der Waals surface area contributed by atoms with Gasteiger partial charge in [0.2, 0.25) is 0 Å². The molecule has 18 heavy (non-hydrogen) atoms. The lowest BCUT2D eigenvalue weighted by atomic mass is 10.0. The molecule has 0 bridgehead atoms. The van der Waals surface area contributed by atoms with Crippen LogP contribution in [0.25, 0.3) is 0 Å². The van der Waals surface area contributed by atoms with E-state index in [0.29, 0.717) is 11.1 Å². The average Bonchev–Trinajstić information content (AvgIpc) is 2.26. The lowest BCUT2D eigenvalue weighted by molar-refractivity contribution is -0.140. The Kier molecular flexibility index (Phi) is 6.33. The zero-order valence-corrected chi connectivity index (χ0v) is 11.6. The second-order valence-corrected chi connectivity index (χ2v) is 4.47. The number of ether oxygens (including phenoxy) is 1. The number of likely N-dealkylation sites (N-methyl/N-ethyl adjacent to an activating group) is 1. The Balaban J connectivity index is 4.90. The summed E-state index contributed by atoms with van der Waals surface area (Å²) < 4.78 is 5.07. The first-order valence-corrected chi connectivity index (χ1v) is 5.58. The number of rotatable bonds is 6. The average molecular weight is 255 g/mol. The van der Waals surface area contributed by atoms with E-state index in [9.17, 15) is 9.59 Å². The minimum atomic E-state index is -0.967. The summed E-state index contributed by atoms with van der Waals surface area (Å²) >= 11 is 0. The van der Waals surface area contributed by atoms with E-state index in [2.05, 4.69) is 6.58 Å². The highest BCUT2D eigenvalue weighted by Crippen LogP contribution is 2.14. The molecule has 0 saturated carbocycles. The molecule has 0 amide bonds. The standard InChI is InChI=1S/C13H21NO4/c1-8(2)13(17)18-7-11(14(5)6)9(3)10(4)12(15)16/h11H,1,7H2,2-6H3,(H,15,16). The van der Waals surface area contributed by atoms with Crippen molar-refractivity contribution in [3.8, 4) is 0 Å². The van der Waals surface area contributed by atoms with Gasteiger partial charge in [0.25, 0.3) is 0 Å². The number of aliphatic carboxylic acids is 1. The van der Waals surface area contributed by atoms with E-state index in [0.717, 1.165) is 0 Å². The molecule has 0 aromatic carbocycles. The van der Waals surface area contributed by atoms with E-state index in [4.69, 9.17) is 9.84 Å². The molecule has 0 heterocycles. The highest BCUT2D eigenvalue weighted by molar-refractivity contribution is 5.87. The number of esters is 1. The van der Waals surface area contributed by atoms with Crippen LogP contribution in [-0.4, -0.2) is 48.7 Å². The number of carbonyl (C=O) groups excluding carboxylic acids is 1. The molecular weight excluding hydrogens is 234 g/mol. The van der Waals surface area contributed by atoms with E-state index in [1.165, 1.54) is 6.92 Å². The Labute approximate surface area is 108 Å². The van der Waals surface area contributed by atoms with E-state index in [-0.39, 0.29) is 18.2 Å². The molecule has 0 rings (SSSR count). The fraction of sp³-hybridized carbons (Fsp3) is 0.538. The highest BCUT2D eigenvalue weighted by Gasteiger charge is 2.20. The Morgan fingerprint density at radius 1 is 1.28 bits per heavy atom. The maximum Gasteiger partial charge on any atom is 0.333 e. The maximum atomic E-state index is 11.3. The summed E-state index contributed by atoms with van der Waals surface area (Å²) in [6.07, 6.45) is 0. The summed E-state index contributed by atoms with van der Waals surface area (Å²) in [6, 6.07) is -0.260. The van der Waals surface area contributed by atoms with E-state index >= 15 is 0 Å². The summed E-state index contributed by atoms with van der Waals surface area (Å²) in [6.45, 7) is 8.43. The van der Waals surface area contributed by atoms with Crippen molar-refractivity contribution in [3.05, 3.63) is 23.3 Å². The third-order valence-electron chi connectivity index (χ3n) is 2.76. The molecule has 0 aliphatic carbocycles. The molecule has 0 saturated heterocycles. The van der Waals surface area contributed by atoms with Crippen LogP contribution in [0.2, 0.25) is 0 Å². The Hall–Kier alpha value is -1.62. The van der Waals surface area contributed by atoms with Crippen LogP contribution in [0.15, 0.2) is 23.3 Å². The molecule has 0 aromatic heterocycles. The zero-order valence-electron chi connectivity index (χ0n) is 11.6. The first-order chi connectivity index (χ1) is 8.18. The predicted molar refractivity (Wildman–Crippen MR) is 69.3 cm³/mol. The van der Waals surface area contributed by atoms with Gasteiger partial charge in [-0.2, -0.15) is 0 Å². The lowest BCUT2D eigenvalue weighted by Crippen LogP contribution is -2.35. The van der Waals surface area contributed by atoms with Gasteiger partial charge >= 0.3 is 11.9 Å². The van der Waals surface area contributed by atoms with Gasteiger partial charge < -0.3 is 9.84 Å². The molecule has 102 valence electrons. The monoisotopic (exact) mass is 255 g/mol. The molecule has 0 radical (unpaired) electrons. The van der Waals surface area contributed by atoms with Crippen molar-refractivity contribution in [1.29, 1.82) is 0 Å². The van der Waals surface area contributed by atoms with Crippen LogP contribution < -0.4 is 0 Å². The Morgan fingerprint density at radius 2 is 1.78 bits per heavy atom. The largest absolute Gasteiger partial charge is 0.478 e. The topological polar surface area (TPSA) is 66.8 Å². The van der Waals surface area contributed by atoms with Crippen molar-refractivity contribution in [3.63, 3.8) is 0 Å². The van der Waals surface area contributed by atoms with Gasteiger partial charge in [-0.3, -0.25) is 4.90 Å². The molecule has 5 nitrogen and oxygen atoms in total. The van der Waals surface area contributed by atoms with Crippen molar-refractivity contribution in [2.75, 3.05) is 20.7 Å². The minimum absolute atomic E-state index is 0.106. The number of carbonyl (C=O) groups is 2. The fourth-order valence-electron chi connectivity index (χ4n) is 1.36. The summed E-state index contributed by atoms with van der Waals surface area (Å²) in [4.78, 5) is 24.1. The van der Waals surface area contributed by atoms with Gasteiger partial charge in [0.05, 0.1) is 6.04 Å². The summed E-state index contributed by atoms with van der Waals surface area (Å²) in [5, 5.41) is 8.95. The Bertz CT molecular complexity index is 382. The van der Waals surface area contributed by atoms with Gasteiger partial charge in [0, 0.05) is 11.1 Å². The summed E-state index contributed by atoms with van der Waals surface area (Å²) in [7, 11) is 3.61. The molecule has 1 N–H and O–H groups in total. The number of hydrogen-bond donors (Lipinski definition) is 1. The normalized spacial score (nSPS) is 13.9. The van der Waals surface area contributed by atoms with Crippen molar-refractivity contribution >= 4 is 11.9 Å². The lowest BCUT2D eigenvalue weighted by Gasteiger charge is -2.25. The van der Waals surface area contributed by atoms with Crippen LogP contribution in [-0.2, 0) is 14.3 Å². The van der Waals surface area contributed by atoms with Crippen LogP contribution in [0, 0.1) is 0 Å². The second-order valence-electron chi connectivity index (χ2n) is 4.47. The van der Waals surface area contributed by atoms with Crippen LogP contribution in [0.4, 0.5) is 0 Å². The fourth-order valence-corrected chi connectivity index (χ4v) is 1.36.